The number of hydrogen-bond donors (Lipinski definition) is 0. The first-order valence-corrected chi connectivity index (χ1v) is 4.44. The lowest BCUT2D eigenvalue weighted by Gasteiger charge is -2.05. The number of methoxy groups -OCH3 is 1. The predicted octanol–water partition coefficient (Wildman–Crippen LogP) is 2.50. The third-order valence-corrected chi connectivity index (χ3v) is 2.38. The van der Waals surface area contributed by atoms with Gasteiger partial charge in [-0.2, -0.15) is 0 Å². The number of esters is 1. The highest BCUT2D eigenvalue weighted by Crippen LogP contribution is 2.22. The predicted molar refractivity (Wildman–Crippen MR) is 51.9 cm³/mol. The van der Waals surface area contributed by atoms with Crippen LogP contribution in [0.15, 0.2) is 12.1 Å². The normalized spacial score (nSPS) is 10.0. The summed E-state index contributed by atoms with van der Waals surface area (Å²) in [7, 11) is 1.26. The molecule has 14 heavy (non-hydrogen) atoms. The van der Waals surface area contributed by atoms with Crippen LogP contribution in [-0.4, -0.2) is 13.1 Å². The molecule has 0 unspecified atom stereocenters. The minimum atomic E-state index is -0.544. The van der Waals surface area contributed by atoms with E-state index in [1.165, 1.54) is 13.2 Å². The molecular weight excluding hydrogens is 207 g/mol. The van der Waals surface area contributed by atoms with E-state index in [0.717, 1.165) is 0 Å². The molecule has 0 saturated carbocycles. The van der Waals surface area contributed by atoms with Crippen LogP contribution in [0.2, 0.25) is 5.02 Å². The Morgan fingerprint density at radius 3 is 2.79 bits per heavy atom. The van der Waals surface area contributed by atoms with Crippen LogP contribution in [0.4, 0.5) is 4.39 Å². The van der Waals surface area contributed by atoms with Crippen molar-refractivity contribution in [3.05, 3.63) is 34.1 Å². The second-order valence-electron chi connectivity index (χ2n) is 2.92. The van der Waals surface area contributed by atoms with Crippen molar-refractivity contribution in [3.8, 4) is 0 Å². The van der Waals surface area contributed by atoms with Gasteiger partial charge in [0.15, 0.2) is 0 Å². The third-order valence-electron chi connectivity index (χ3n) is 1.92. The second kappa shape index (κ2) is 4.42. The van der Waals surface area contributed by atoms with Gasteiger partial charge in [-0.3, -0.25) is 4.79 Å². The molecule has 0 aliphatic carbocycles. The van der Waals surface area contributed by atoms with Gasteiger partial charge in [0.1, 0.15) is 5.82 Å². The lowest BCUT2D eigenvalue weighted by atomic mass is 10.1. The van der Waals surface area contributed by atoms with Crippen molar-refractivity contribution in [2.24, 2.45) is 0 Å². The molecule has 0 atom stereocenters. The first kappa shape index (κ1) is 11.0. The molecule has 1 aromatic rings. The average Bonchev–Trinajstić information content (AvgIpc) is 2.19. The fourth-order valence-corrected chi connectivity index (χ4v) is 1.23. The van der Waals surface area contributed by atoms with Crippen molar-refractivity contribution in [2.75, 3.05) is 7.11 Å². The molecule has 0 N–H and O–H groups in total. The molecule has 0 amide bonds. The lowest BCUT2D eigenvalue weighted by molar-refractivity contribution is -0.139. The lowest BCUT2D eigenvalue weighted by Crippen LogP contribution is -2.06. The quantitative estimate of drug-likeness (QED) is 0.710. The van der Waals surface area contributed by atoms with E-state index >= 15 is 0 Å². The van der Waals surface area contributed by atoms with Crippen LogP contribution in [0, 0.1) is 12.7 Å². The third kappa shape index (κ3) is 2.23. The van der Waals surface area contributed by atoms with E-state index in [4.69, 9.17) is 11.6 Å². The van der Waals surface area contributed by atoms with Crippen molar-refractivity contribution in [1.29, 1.82) is 0 Å². The van der Waals surface area contributed by atoms with Crippen LogP contribution in [0.25, 0.3) is 0 Å². The van der Waals surface area contributed by atoms with Gasteiger partial charge in [-0.25, -0.2) is 4.39 Å². The zero-order valence-electron chi connectivity index (χ0n) is 7.93. The monoisotopic (exact) mass is 216 g/mol. The smallest absolute Gasteiger partial charge is 0.310 e. The first-order valence-electron chi connectivity index (χ1n) is 4.06. The number of ether oxygens (including phenoxy) is 1. The van der Waals surface area contributed by atoms with E-state index in [2.05, 4.69) is 4.74 Å². The van der Waals surface area contributed by atoms with E-state index in [-0.39, 0.29) is 17.0 Å². The summed E-state index contributed by atoms with van der Waals surface area (Å²) in [6.07, 6.45) is -0.0949. The largest absolute Gasteiger partial charge is 0.469 e. The van der Waals surface area contributed by atoms with Gasteiger partial charge in [0.25, 0.3) is 0 Å². The van der Waals surface area contributed by atoms with Gasteiger partial charge < -0.3 is 4.74 Å². The number of hydrogen-bond acceptors (Lipinski definition) is 2. The Bertz CT molecular complexity index is 363. The molecule has 0 fully saturated rings. The summed E-state index contributed by atoms with van der Waals surface area (Å²) in [5.74, 6) is -1.03. The molecule has 1 aromatic carbocycles. The van der Waals surface area contributed by atoms with Crippen molar-refractivity contribution >= 4 is 17.6 Å². The molecule has 0 aliphatic rings. The number of carbonyl (C=O) groups excluding carboxylic acids is 1. The van der Waals surface area contributed by atoms with Crippen molar-refractivity contribution < 1.29 is 13.9 Å². The van der Waals surface area contributed by atoms with Crippen molar-refractivity contribution in [1.82, 2.24) is 0 Å². The summed E-state index contributed by atoms with van der Waals surface area (Å²) in [6.45, 7) is 1.70. The Morgan fingerprint density at radius 2 is 2.21 bits per heavy atom. The zero-order chi connectivity index (χ0) is 10.7. The summed E-state index contributed by atoms with van der Waals surface area (Å²) >= 11 is 5.68. The fraction of sp³-hybridized carbons (Fsp3) is 0.300. The number of rotatable bonds is 2. The Morgan fingerprint density at radius 1 is 1.57 bits per heavy atom. The standard InChI is InChI=1S/C10H10ClFO2/c1-6-3-4-7(5-8(13)14-2)10(12)9(6)11/h3-4H,5H2,1-2H3. The van der Waals surface area contributed by atoms with Crippen LogP contribution in [-0.2, 0) is 16.0 Å². The molecule has 2 nitrogen and oxygen atoms in total. The Balaban J connectivity index is 3.00. The maximum absolute atomic E-state index is 13.4. The minimum absolute atomic E-state index is 0.0615. The topological polar surface area (TPSA) is 26.3 Å². The molecule has 0 aliphatic heterocycles. The van der Waals surface area contributed by atoms with Crippen LogP contribution in [0.1, 0.15) is 11.1 Å². The summed E-state index contributed by atoms with van der Waals surface area (Å²) in [5, 5.41) is 0.0615. The maximum atomic E-state index is 13.4. The van der Waals surface area contributed by atoms with Crippen LogP contribution >= 0.6 is 11.6 Å². The number of carbonyl (C=O) groups is 1. The van der Waals surface area contributed by atoms with Crippen LogP contribution < -0.4 is 0 Å². The molecule has 0 bridgehead atoms. The van der Waals surface area contributed by atoms with Gasteiger partial charge in [0, 0.05) is 5.56 Å². The highest BCUT2D eigenvalue weighted by molar-refractivity contribution is 6.31. The first-order chi connectivity index (χ1) is 6.56. The van der Waals surface area contributed by atoms with E-state index in [0.29, 0.717) is 5.56 Å². The van der Waals surface area contributed by atoms with Gasteiger partial charge in [-0.05, 0) is 12.5 Å². The fourth-order valence-electron chi connectivity index (χ4n) is 1.05. The number of aryl methyl sites for hydroxylation is 1. The summed E-state index contributed by atoms with van der Waals surface area (Å²) in [6, 6.07) is 3.21. The molecule has 1 rings (SSSR count). The van der Waals surface area contributed by atoms with Gasteiger partial charge >= 0.3 is 5.97 Å². The van der Waals surface area contributed by atoms with Gasteiger partial charge in [-0.15, -0.1) is 0 Å². The SMILES string of the molecule is COC(=O)Cc1ccc(C)c(Cl)c1F. The molecular formula is C10H10ClFO2. The molecule has 0 radical (unpaired) electrons. The maximum Gasteiger partial charge on any atom is 0.310 e. The van der Waals surface area contributed by atoms with Crippen molar-refractivity contribution in [2.45, 2.75) is 13.3 Å². The summed E-state index contributed by atoms with van der Waals surface area (Å²) < 4.78 is 17.8. The zero-order valence-corrected chi connectivity index (χ0v) is 8.69. The summed E-state index contributed by atoms with van der Waals surface area (Å²) in [5.41, 5.74) is 0.908. The van der Waals surface area contributed by atoms with Crippen LogP contribution in [0.3, 0.4) is 0 Å². The second-order valence-corrected chi connectivity index (χ2v) is 3.30. The molecule has 0 saturated heterocycles. The van der Waals surface area contributed by atoms with E-state index in [1.54, 1.807) is 13.0 Å². The van der Waals surface area contributed by atoms with E-state index < -0.39 is 11.8 Å². The van der Waals surface area contributed by atoms with Gasteiger partial charge in [0.05, 0.1) is 18.6 Å². The van der Waals surface area contributed by atoms with E-state index in [1.807, 2.05) is 0 Å². The Labute approximate surface area is 86.6 Å². The molecule has 0 spiro atoms. The molecule has 0 heterocycles. The number of halogens is 2. The molecule has 76 valence electrons. The minimum Gasteiger partial charge on any atom is -0.469 e. The van der Waals surface area contributed by atoms with Crippen LogP contribution in [0.5, 0.6) is 0 Å². The van der Waals surface area contributed by atoms with Gasteiger partial charge in [0.2, 0.25) is 0 Å². The highest BCUT2D eigenvalue weighted by Gasteiger charge is 2.12. The highest BCUT2D eigenvalue weighted by atomic mass is 35.5. The van der Waals surface area contributed by atoms with Crippen molar-refractivity contribution in [3.63, 3.8) is 0 Å². The molecule has 0 aromatic heterocycles. The number of benzene rings is 1. The summed E-state index contributed by atoms with van der Waals surface area (Å²) in [4.78, 5) is 10.9. The molecule has 4 heteroatoms. The Hall–Kier alpha value is -1.09. The van der Waals surface area contributed by atoms with E-state index in [9.17, 15) is 9.18 Å². The Kier molecular flexibility index (Phi) is 3.47. The van der Waals surface area contributed by atoms with Gasteiger partial charge in [-0.1, -0.05) is 23.7 Å². The average molecular weight is 217 g/mol.